The van der Waals surface area contributed by atoms with Gasteiger partial charge in [-0.1, -0.05) is 13.0 Å². The largest absolute Gasteiger partial charge is 0.446 e. The Bertz CT molecular complexity index is 330. The lowest BCUT2D eigenvalue weighted by Gasteiger charge is -2.32. The van der Waals surface area contributed by atoms with Crippen LogP contribution in [0.15, 0.2) is 18.4 Å². The Labute approximate surface area is 88.9 Å². The zero-order chi connectivity index (χ0) is 11.1. The number of nitrogens with zero attached hydrogens (tertiary/aromatic N) is 2. The molecule has 0 N–H and O–H groups in total. The van der Waals surface area contributed by atoms with Gasteiger partial charge in [0.25, 0.3) is 0 Å². The summed E-state index contributed by atoms with van der Waals surface area (Å²) in [6.45, 7) is 3.50. The summed E-state index contributed by atoms with van der Waals surface area (Å²) in [5.74, 6) is -0.633. The van der Waals surface area contributed by atoms with Crippen molar-refractivity contribution in [1.82, 2.24) is 0 Å². The minimum atomic E-state index is -0.633. The van der Waals surface area contributed by atoms with Crippen molar-refractivity contribution < 1.29 is 14.3 Å². The second-order valence-electron chi connectivity index (χ2n) is 3.64. The van der Waals surface area contributed by atoms with Crippen molar-refractivity contribution in [2.45, 2.75) is 37.7 Å². The molecule has 0 aromatic heterocycles. The molecule has 1 saturated carbocycles. The van der Waals surface area contributed by atoms with Gasteiger partial charge in [-0.2, -0.15) is 4.79 Å². The van der Waals surface area contributed by atoms with Gasteiger partial charge < -0.3 is 10.3 Å². The van der Waals surface area contributed by atoms with Crippen LogP contribution in [0.3, 0.4) is 0 Å². The normalized spacial score (nSPS) is 18.1. The molecule has 0 aliphatic heterocycles. The maximum atomic E-state index is 11.2. The Hall–Kier alpha value is -1.63. The molecule has 0 radical (unpaired) electrons. The van der Waals surface area contributed by atoms with E-state index in [4.69, 9.17) is 10.3 Å². The van der Waals surface area contributed by atoms with Crippen molar-refractivity contribution in [2.24, 2.45) is 0 Å². The topological polar surface area (TPSA) is 62.7 Å². The highest BCUT2D eigenvalue weighted by Crippen LogP contribution is 2.32. The third-order valence-electron chi connectivity index (χ3n) is 2.53. The van der Waals surface area contributed by atoms with Crippen LogP contribution in [-0.4, -0.2) is 22.6 Å². The maximum Gasteiger partial charge on any atom is 0.414 e. The summed E-state index contributed by atoms with van der Waals surface area (Å²) in [5.41, 5.74) is 10.3. The Morgan fingerprint density at radius 2 is 2.13 bits per heavy atom. The van der Waals surface area contributed by atoms with Crippen LogP contribution in [0, 0.1) is 0 Å². The molecule has 80 valence electrons. The van der Waals surface area contributed by atoms with E-state index in [1.807, 2.05) is 0 Å². The Balaban J connectivity index is 2.76. The molecular weight excluding hydrogens is 192 g/mol. The van der Waals surface area contributed by atoms with Crippen LogP contribution in [0.2, 0.25) is 0 Å². The minimum absolute atomic E-state index is 0.599. The van der Waals surface area contributed by atoms with Gasteiger partial charge in [0.2, 0.25) is 0 Å². The maximum absolute atomic E-state index is 11.2. The van der Waals surface area contributed by atoms with E-state index >= 15 is 0 Å². The summed E-state index contributed by atoms with van der Waals surface area (Å²) < 4.78 is 5.25. The minimum Gasteiger partial charge on any atom is -0.446 e. The van der Waals surface area contributed by atoms with Gasteiger partial charge in [-0.3, -0.25) is 0 Å². The first-order valence-electron chi connectivity index (χ1n) is 5.00. The number of hydrogen-bond donors (Lipinski definition) is 0. The fourth-order valence-corrected chi connectivity index (χ4v) is 1.89. The zero-order valence-corrected chi connectivity index (χ0v) is 8.61. The molecule has 0 aromatic rings. The average molecular weight is 206 g/mol. The number of hydrogen-bond acceptors (Lipinski definition) is 2. The first kappa shape index (κ1) is 11.4. The first-order valence-corrected chi connectivity index (χ1v) is 5.00. The van der Waals surface area contributed by atoms with Gasteiger partial charge in [0.15, 0.2) is 0 Å². The quantitative estimate of drug-likeness (QED) is 0.233. The van der Waals surface area contributed by atoms with Gasteiger partial charge in [0, 0.05) is 6.08 Å². The van der Waals surface area contributed by atoms with Crippen LogP contribution in [0.1, 0.15) is 32.1 Å². The number of rotatable bonds is 3. The lowest BCUT2D eigenvalue weighted by Crippen LogP contribution is -2.35. The molecule has 0 atom stereocenters. The van der Waals surface area contributed by atoms with Gasteiger partial charge in [-0.25, -0.2) is 4.79 Å². The second kappa shape index (κ2) is 5.30. The van der Waals surface area contributed by atoms with Crippen LogP contribution in [-0.2, 0) is 9.53 Å². The van der Waals surface area contributed by atoms with Crippen LogP contribution >= 0.6 is 0 Å². The Morgan fingerprint density at radius 1 is 1.47 bits per heavy atom. The SMILES string of the molecule is C=C=CC1(OC(=O)C=[N+]=[N-])CCCCC1. The van der Waals surface area contributed by atoms with Gasteiger partial charge >= 0.3 is 12.2 Å². The van der Waals surface area contributed by atoms with Crippen LogP contribution in [0.4, 0.5) is 0 Å². The second-order valence-corrected chi connectivity index (χ2v) is 3.64. The summed E-state index contributed by atoms with van der Waals surface area (Å²) in [7, 11) is 0. The van der Waals surface area contributed by atoms with Crippen LogP contribution < -0.4 is 0 Å². The highest BCUT2D eigenvalue weighted by atomic mass is 16.6. The highest BCUT2D eigenvalue weighted by Gasteiger charge is 2.33. The fourth-order valence-electron chi connectivity index (χ4n) is 1.89. The number of carbonyl (C=O) groups excluding carboxylic acids is 1. The molecule has 0 bridgehead atoms. The van der Waals surface area contributed by atoms with E-state index in [1.165, 1.54) is 0 Å². The van der Waals surface area contributed by atoms with E-state index in [9.17, 15) is 4.79 Å². The van der Waals surface area contributed by atoms with E-state index in [2.05, 4.69) is 17.1 Å². The van der Waals surface area contributed by atoms with Gasteiger partial charge in [0.05, 0.1) is 0 Å². The molecule has 0 heterocycles. The Kier molecular flexibility index (Phi) is 4.04. The predicted molar refractivity (Wildman–Crippen MR) is 55.3 cm³/mol. The third kappa shape index (κ3) is 3.21. The van der Waals surface area contributed by atoms with Crippen LogP contribution in [0.5, 0.6) is 0 Å². The highest BCUT2D eigenvalue weighted by molar-refractivity contribution is 6.20. The molecule has 15 heavy (non-hydrogen) atoms. The van der Waals surface area contributed by atoms with E-state index in [1.54, 1.807) is 6.08 Å². The molecule has 0 aromatic carbocycles. The predicted octanol–water partition coefficient (Wildman–Crippen LogP) is 1.87. The van der Waals surface area contributed by atoms with E-state index in [0.29, 0.717) is 0 Å². The number of carbonyl (C=O) groups is 1. The summed E-state index contributed by atoms with van der Waals surface area (Å²) in [5, 5.41) is 0. The average Bonchev–Trinajstić information content (AvgIpc) is 2.19. The van der Waals surface area contributed by atoms with Crippen molar-refractivity contribution in [3.8, 4) is 0 Å². The van der Waals surface area contributed by atoms with E-state index in [0.717, 1.165) is 38.3 Å². The summed E-state index contributed by atoms with van der Waals surface area (Å²) in [4.78, 5) is 13.8. The molecule has 0 unspecified atom stereocenters. The zero-order valence-electron chi connectivity index (χ0n) is 8.61. The molecule has 1 aliphatic rings. The lowest BCUT2D eigenvalue weighted by molar-refractivity contribution is -0.152. The monoisotopic (exact) mass is 206 g/mol. The fraction of sp³-hybridized carbons (Fsp3) is 0.545. The third-order valence-corrected chi connectivity index (χ3v) is 2.53. The van der Waals surface area contributed by atoms with Gasteiger partial charge in [0.1, 0.15) is 5.60 Å². The smallest absolute Gasteiger partial charge is 0.414 e. The standard InChI is InChI=1S/C11H14N2O2/c1-2-6-11(7-4-3-5-8-11)15-10(14)9-13-12/h6,9H,1,3-5,7-8H2. The molecule has 1 rings (SSSR count). The number of ether oxygens (including phenoxy) is 1. The van der Waals surface area contributed by atoms with Crippen LogP contribution in [0.25, 0.3) is 5.53 Å². The molecule has 1 fully saturated rings. The molecule has 1 aliphatic carbocycles. The molecular formula is C11H14N2O2. The summed E-state index contributed by atoms with van der Waals surface area (Å²) in [6, 6.07) is 0. The van der Waals surface area contributed by atoms with Crippen molar-refractivity contribution >= 4 is 12.2 Å². The van der Waals surface area contributed by atoms with E-state index in [-0.39, 0.29) is 0 Å². The molecule has 0 saturated heterocycles. The van der Waals surface area contributed by atoms with Gasteiger partial charge in [-0.05, 0) is 25.7 Å². The lowest BCUT2D eigenvalue weighted by atomic mass is 9.84. The van der Waals surface area contributed by atoms with Gasteiger partial charge in [-0.15, -0.1) is 5.73 Å². The Morgan fingerprint density at radius 3 is 2.67 bits per heavy atom. The van der Waals surface area contributed by atoms with Crippen molar-refractivity contribution in [1.29, 1.82) is 0 Å². The number of esters is 1. The summed E-state index contributed by atoms with van der Waals surface area (Å²) >= 11 is 0. The molecule has 4 heteroatoms. The van der Waals surface area contributed by atoms with Crippen molar-refractivity contribution in [3.05, 3.63) is 23.9 Å². The van der Waals surface area contributed by atoms with E-state index < -0.39 is 11.6 Å². The molecule has 4 nitrogen and oxygen atoms in total. The summed E-state index contributed by atoms with van der Waals surface area (Å²) in [6.07, 6.45) is 7.19. The molecule has 0 spiro atoms. The first-order chi connectivity index (χ1) is 7.22. The van der Waals surface area contributed by atoms with Crippen molar-refractivity contribution in [2.75, 3.05) is 0 Å². The van der Waals surface area contributed by atoms with Crippen molar-refractivity contribution in [3.63, 3.8) is 0 Å². The molecule has 0 amide bonds.